The van der Waals surface area contributed by atoms with Gasteiger partial charge in [-0.25, -0.2) is 9.18 Å². The van der Waals surface area contributed by atoms with Gasteiger partial charge < -0.3 is 15.3 Å². The molecule has 7 heteroatoms. The number of rotatable bonds is 4. The molecule has 3 heterocycles. The second-order valence-electron chi connectivity index (χ2n) is 9.01. The molecule has 3 atom stereocenters. The van der Waals surface area contributed by atoms with Crippen LogP contribution in [-0.4, -0.2) is 64.2 Å². The lowest BCUT2D eigenvalue weighted by molar-refractivity contribution is -0.0585. The molecule has 2 aliphatic rings. The molecular formula is C27H29FN4O2. The van der Waals surface area contributed by atoms with E-state index in [2.05, 4.69) is 39.5 Å². The number of aromatic nitrogens is 1. The monoisotopic (exact) mass is 460 g/mol. The fraction of sp³-hybridized carbons (Fsp3) is 0.333. The molecular weight excluding hydrogens is 431 g/mol. The van der Waals surface area contributed by atoms with Gasteiger partial charge in [-0.15, -0.1) is 0 Å². The third kappa shape index (κ3) is 4.41. The number of anilines is 1. The topological polar surface area (TPSA) is 68.7 Å². The van der Waals surface area contributed by atoms with Crippen molar-refractivity contribution in [1.82, 2.24) is 14.8 Å². The molecule has 2 N–H and O–H groups in total. The van der Waals surface area contributed by atoms with Crippen molar-refractivity contribution in [2.24, 2.45) is 0 Å². The van der Waals surface area contributed by atoms with E-state index in [1.54, 1.807) is 29.3 Å². The molecule has 0 saturated carbocycles. The van der Waals surface area contributed by atoms with Crippen LogP contribution in [0.25, 0.3) is 11.1 Å². The lowest BCUT2D eigenvalue weighted by atomic mass is 9.74. The fourth-order valence-corrected chi connectivity index (χ4v) is 5.31. The Labute approximate surface area is 199 Å². The molecule has 2 aromatic carbocycles. The molecule has 6 nitrogen and oxygen atoms in total. The van der Waals surface area contributed by atoms with Gasteiger partial charge in [0.1, 0.15) is 5.82 Å². The van der Waals surface area contributed by atoms with Crippen LogP contribution in [-0.2, 0) is 0 Å². The van der Waals surface area contributed by atoms with Crippen LogP contribution in [0.2, 0.25) is 0 Å². The summed E-state index contributed by atoms with van der Waals surface area (Å²) in [5, 5.41) is 12.9. The Bertz CT molecular complexity index is 1120. The second-order valence-corrected chi connectivity index (χ2v) is 9.01. The van der Waals surface area contributed by atoms with Gasteiger partial charge in [0.25, 0.3) is 0 Å². The molecule has 0 spiro atoms. The summed E-state index contributed by atoms with van der Waals surface area (Å²) < 4.78 is 14.1. The van der Waals surface area contributed by atoms with Gasteiger partial charge in [-0.1, -0.05) is 42.5 Å². The van der Waals surface area contributed by atoms with Gasteiger partial charge in [0.2, 0.25) is 0 Å². The summed E-state index contributed by atoms with van der Waals surface area (Å²) in [6, 6.07) is 18.4. The van der Waals surface area contributed by atoms with E-state index < -0.39 is 5.82 Å². The first-order valence-electron chi connectivity index (χ1n) is 11.8. The molecule has 2 amide bonds. The van der Waals surface area contributed by atoms with Gasteiger partial charge in [-0.3, -0.25) is 9.88 Å². The van der Waals surface area contributed by atoms with Crippen molar-refractivity contribution in [1.29, 1.82) is 0 Å². The Morgan fingerprint density at radius 3 is 2.56 bits per heavy atom. The lowest BCUT2D eigenvalue weighted by Crippen LogP contribution is -2.68. The van der Waals surface area contributed by atoms with Crippen molar-refractivity contribution in [2.75, 3.05) is 31.6 Å². The number of amides is 2. The van der Waals surface area contributed by atoms with Crippen LogP contribution >= 0.6 is 0 Å². The Hall–Kier alpha value is -3.29. The SMILES string of the molecule is O=C(Nc1ccccc1F)N1CCCCN2[C@H](CO)[C@@H](c3ccc(-c4cccnc4)cc3)[C@H]2C1. The van der Waals surface area contributed by atoms with Crippen LogP contribution in [0.4, 0.5) is 14.9 Å². The number of fused-ring (bicyclic) bond motifs is 1. The summed E-state index contributed by atoms with van der Waals surface area (Å²) in [4.78, 5) is 21.3. The average Bonchev–Trinajstić information content (AvgIpc) is 2.85. The number of aliphatic hydroxyl groups is 1. The summed E-state index contributed by atoms with van der Waals surface area (Å²) in [6.07, 6.45) is 5.42. The van der Waals surface area contributed by atoms with E-state index in [9.17, 15) is 14.3 Å². The molecule has 0 bridgehead atoms. The quantitative estimate of drug-likeness (QED) is 0.608. The first-order chi connectivity index (χ1) is 16.7. The average molecular weight is 461 g/mol. The smallest absolute Gasteiger partial charge is 0.321 e. The molecule has 2 fully saturated rings. The van der Waals surface area contributed by atoms with Crippen LogP contribution in [0, 0.1) is 5.82 Å². The number of benzene rings is 2. The first-order valence-corrected chi connectivity index (χ1v) is 11.8. The van der Waals surface area contributed by atoms with Gasteiger partial charge in [0, 0.05) is 43.5 Å². The molecule has 1 aromatic heterocycles. The van der Waals surface area contributed by atoms with Gasteiger partial charge >= 0.3 is 6.03 Å². The molecule has 0 radical (unpaired) electrons. The third-order valence-corrected chi connectivity index (χ3v) is 7.06. The van der Waals surface area contributed by atoms with Crippen molar-refractivity contribution in [3.05, 3.63) is 84.4 Å². The van der Waals surface area contributed by atoms with E-state index in [1.165, 1.54) is 6.07 Å². The Morgan fingerprint density at radius 1 is 1.03 bits per heavy atom. The van der Waals surface area contributed by atoms with Crippen molar-refractivity contribution >= 4 is 11.7 Å². The van der Waals surface area contributed by atoms with Crippen LogP contribution in [0.3, 0.4) is 0 Å². The highest BCUT2D eigenvalue weighted by atomic mass is 19.1. The van der Waals surface area contributed by atoms with Crippen LogP contribution < -0.4 is 5.32 Å². The number of nitrogens with zero attached hydrogens (tertiary/aromatic N) is 3. The number of carbonyl (C=O) groups is 1. The van der Waals surface area contributed by atoms with Gasteiger partial charge in [-0.2, -0.15) is 0 Å². The van der Waals surface area contributed by atoms with Crippen molar-refractivity contribution in [3.8, 4) is 11.1 Å². The number of halogens is 1. The maximum Gasteiger partial charge on any atom is 0.321 e. The molecule has 176 valence electrons. The number of pyridine rings is 1. The molecule has 0 aliphatic carbocycles. The van der Waals surface area contributed by atoms with Gasteiger partial charge in [0.05, 0.1) is 12.3 Å². The Balaban J connectivity index is 1.35. The summed E-state index contributed by atoms with van der Waals surface area (Å²) in [5.74, 6) is -0.324. The number of hydrogen-bond donors (Lipinski definition) is 2. The zero-order valence-electron chi connectivity index (χ0n) is 19.0. The van der Waals surface area contributed by atoms with E-state index in [4.69, 9.17) is 0 Å². The minimum atomic E-state index is -0.444. The highest BCUT2D eigenvalue weighted by molar-refractivity contribution is 5.89. The highest BCUT2D eigenvalue weighted by Crippen LogP contribution is 2.42. The highest BCUT2D eigenvalue weighted by Gasteiger charge is 2.49. The van der Waals surface area contributed by atoms with Crippen molar-refractivity contribution < 1.29 is 14.3 Å². The Kier molecular flexibility index (Phi) is 6.56. The number of carbonyl (C=O) groups excluding carboxylic acids is 1. The standard InChI is InChI=1S/C27H29FN4O2/c28-22-7-1-2-8-23(22)30-27(34)31-14-3-4-15-32-24(17-31)26(25(32)18-33)20-11-9-19(10-12-20)21-6-5-13-29-16-21/h1-2,5-13,16,24-26,33H,3-4,14-15,17-18H2,(H,30,34)/t24-,25-,26+/m1/s1. The molecule has 2 saturated heterocycles. The normalized spacial score (nSPS) is 22.8. The summed E-state index contributed by atoms with van der Waals surface area (Å²) in [6.45, 7) is 2.14. The zero-order chi connectivity index (χ0) is 23.5. The van der Waals surface area contributed by atoms with E-state index >= 15 is 0 Å². The third-order valence-electron chi connectivity index (χ3n) is 7.06. The van der Waals surface area contributed by atoms with Crippen molar-refractivity contribution in [3.63, 3.8) is 0 Å². The fourth-order valence-electron chi connectivity index (χ4n) is 5.31. The lowest BCUT2D eigenvalue weighted by Gasteiger charge is -2.57. The van der Waals surface area contributed by atoms with E-state index in [0.717, 1.165) is 36.1 Å². The number of nitrogens with one attached hydrogen (secondary N) is 1. The zero-order valence-corrected chi connectivity index (χ0v) is 19.0. The number of para-hydroxylation sites is 1. The molecule has 3 aromatic rings. The first kappa shape index (κ1) is 22.5. The van der Waals surface area contributed by atoms with Gasteiger partial charge in [0.15, 0.2) is 0 Å². The number of aliphatic hydroxyl groups excluding tert-OH is 1. The number of urea groups is 1. The molecule has 2 aliphatic heterocycles. The van der Waals surface area contributed by atoms with Crippen LogP contribution in [0.1, 0.15) is 24.3 Å². The molecule has 34 heavy (non-hydrogen) atoms. The molecule has 5 rings (SSSR count). The van der Waals surface area contributed by atoms with E-state index in [0.29, 0.717) is 13.1 Å². The Morgan fingerprint density at radius 2 is 1.82 bits per heavy atom. The summed E-state index contributed by atoms with van der Waals surface area (Å²) in [7, 11) is 0. The van der Waals surface area contributed by atoms with Crippen molar-refractivity contribution in [2.45, 2.75) is 30.8 Å². The maximum atomic E-state index is 14.1. The minimum Gasteiger partial charge on any atom is -0.395 e. The minimum absolute atomic E-state index is 0.0313. The largest absolute Gasteiger partial charge is 0.395 e. The van der Waals surface area contributed by atoms with Crippen LogP contribution in [0.5, 0.6) is 0 Å². The van der Waals surface area contributed by atoms with E-state index in [1.807, 2.05) is 18.3 Å². The number of hydrogen-bond acceptors (Lipinski definition) is 4. The van der Waals surface area contributed by atoms with Crippen LogP contribution in [0.15, 0.2) is 73.1 Å². The maximum absolute atomic E-state index is 14.1. The van der Waals surface area contributed by atoms with E-state index in [-0.39, 0.29) is 36.3 Å². The van der Waals surface area contributed by atoms with Gasteiger partial charge in [-0.05, 0) is 54.3 Å². The molecule has 0 unspecified atom stereocenters. The second kappa shape index (κ2) is 9.91. The predicted octanol–water partition coefficient (Wildman–Crippen LogP) is 4.34. The summed E-state index contributed by atoms with van der Waals surface area (Å²) >= 11 is 0. The predicted molar refractivity (Wildman–Crippen MR) is 130 cm³/mol. The summed E-state index contributed by atoms with van der Waals surface area (Å²) in [5.41, 5.74) is 3.50.